The SMILES string of the molecule is CC(=O)c1cn(C(=O)c2ccc(Cl)cc2)c2ccccc12. The van der Waals surface area contributed by atoms with Crippen molar-refractivity contribution in [1.82, 2.24) is 4.57 Å². The molecule has 0 atom stereocenters. The molecular weight excluding hydrogens is 286 g/mol. The highest BCUT2D eigenvalue weighted by Gasteiger charge is 2.16. The first-order valence-electron chi connectivity index (χ1n) is 6.49. The van der Waals surface area contributed by atoms with Crippen molar-refractivity contribution in [3.05, 3.63) is 70.9 Å². The van der Waals surface area contributed by atoms with Gasteiger partial charge >= 0.3 is 0 Å². The summed E-state index contributed by atoms with van der Waals surface area (Å²) in [6.45, 7) is 1.50. The maximum absolute atomic E-state index is 12.6. The Morgan fingerprint density at radius 2 is 1.67 bits per heavy atom. The quantitative estimate of drug-likeness (QED) is 0.665. The number of carbonyl (C=O) groups excluding carboxylic acids is 2. The number of benzene rings is 2. The van der Waals surface area contributed by atoms with Crippen molar-refractivity contribution in [2.24, 2.45) is 0 Å². The van der Waals surface area contributed by atoms with Crippen LogP contribution in [0.25, 0.3) is 10.9 Å². The number of fused-ring (bicyclic) bond motifs is 1. The van der Waals surface area contributed by atoms with Gasteiger partial charge in [-0.2, -0.15) is 0 Å². The Kier molecular flexibility index (Phi) is 3.35. The summed E-state index contributed by atoms with van der Waals surface area (Å²) >= 11 is 5.84. The maximum atomic E-state index is 12.6. The van der Waals surface area contributed by atoms with E-state index in [-0.39, 0.29) is 11.7 Å². The van der Waals surface area contributed by atoms with Crippen LogP contribution < -0.4 is 0 Å². The van der Waals surface area contributed by atoms with Crippen molar-refractivity contribution in [3.8, 4) is 0 Å². The number of nitrogens with zero attached hydrogens (tertiary/aromatic N) is 1. The van der Waals surface area contributed by atoms with Crippen LogP contribution in [0.3, 0.4) is 0 Å². The first-order chi connectivity index (χ1) is 10.1. The number of ketones is 1. The van der Waals surface area contributed by atoms with E-state index in [0.717, 1.165) is 10.9 Å². The lowest BCUT2D eigenvalue weighted by Gasteiger charge is -2.04. The molecule has 0 bridgehead atoms. The molecule has 4 heteroatoms. The fraction of sp³-hybridized carbons (Fsp3) is 0.0588. The molecule has 0 spiro atoms. The summed E-state index contributed by atoms with van der Waals surface area (Å²) in [7, 11) is 0. The smallest absolute Gasteiger partial charge is 0.262 e. The Hall–Kier alpha value is -2.39. The number of Topliss-reactive ketones (excluding diaryl/α,β-unsaturated/α-hetero) is 1. The minimum absolute atomic E-state index is 0.0612. The van der Waals surface area contributed by atoms with E-state index in [1.807, 2.05) is 24.3 Å². The number of hydrogen-bond acceptors (Lipinski definition) is 2. The zero-order valence-corrected chi connectivity index (χ0v) is 12.1. The van der Waals surface area contributed by atoms with Gasteiger partial charge in [-0.1, -0.05) is 29.8 Å². The zero-order chi connectivity index (χ0) is 15.0. The predicted molar refractivity (Wildman–Crippen MR) is 83.1 cm³/mol. The molecule has 3 nitrogen and oxygen atoms in total. The van der Waals surface area contributed by atoms with Crippen LogP contribution in [0.2, 0.25) is 5.02 Å². The zero-order valence-electron chi connectivity index (χ0n) is 11.3. The number of carbonyl (C=O) groups is 2. The van der Waals surface area contributed by atoms with E-state index >= 15 is 0 Å². The number of hydrogen-bond donors (Lipinski definition) is 0. The van der Waals surface area contributed by atoms with Crippen LogP contribution in [-0.4, -0.2) is 16.3 Å². The van der Waals surface area contributed by atoms with Gasteiger partial charge in [-0.25, -0.2) is 0 Å². The molecule has 0 fully saturated rings. The molecule has 1 aromatic heterocycles. The summed E-state index contributed by atoms with van der Waals surface area (Å²) in [6, 6.07) is 14.1. The van der Waals surface area contributed by atoms with Gasteiger partial charge in [0.15, 0.2) is 5.78 Å². The molecular formula is C17H12ClNO2. The third-order valence-corrected chi connectivity index (χ3v) is 3.65. The number of rotatable bonds is 2. The summed E-state index contributed by atoms with van der Waals surface area (Å²) in [5, 5.41) is 1.36. The Balaban J connectivity index is 2.18. The lowest BCUT2D eigenvalue weighted by atomic mass is 10.1. The molecule has 0 aliphatic carbocycles. The van der Waals surface area contributed by atoms with Gasteiger partial charge in [0.05, 0.1) is 5.52 Å². The largest absolute Gasteiger partial charge is 0.294 e. The molecule has 1 heterocycles. The van der Waals surface area contributed by atoms with Gasteiger partial charge < -0.3 is 0 Å². The second kappa shape index (κ2) is 5.19. The standard InChI is InChI=1S/C17H12ClNO2/c1-11(20)15-10-19(16-5-3-2-4-14(15)16)17(21)12-6-8-13(18)9-7-12/h2-10H,1H3. The van der Waals surface area contributed by atoms with Crippen molar-refractivity contribution < 1.29 is 9.59 Å². The second-order valence-electron chi connectivity index (χ2n) is 4.80. The van der Waals surface area contributed by atoms with E-state index in [9.17, 15) is 9.59 Å². The van der Waals surface area contributed by atoms with Gasteiger partial charge in [-0.3, -0.25) is 14.2 Å². The van der Waals surface area contributed by atoms with Crippen molar-refractivity contribution in [2.45, 2.75) is 6.92 Å². The normalized spacial score (nSPS) is 10.8. The molecule has 21 heavy (non-hydrogen) atoms. The van der Waals surface area contributed by atoms with E-state index in [1.165, 1.54) is 11.5 Å². The van der Waals surface area contributed by atoms with E-state index in [0.29, 0.717) is 16.1 Å². The summed E-state index contributed by atoms with van der Waals surface area (Å²) in [4.78, 5) is 24.4. The molecule has 0 aliphatic heterocycles. The number of para-hydroxylation sites is 1. The molecule has 0 unspecified atom stereocenters. The van der Waals surface area contributed by atoms with Crippen LogP contribution >= 0.6 is 11.6 Å². The van der Waals surface area contributed by atoms with Gasteiger partial charge in [0, 0.05) is 27.7 Å². The maximum Gasteiger partial charge on any atom is 0.262 e. The topological polar surface area (TPSA) is 39.1 Å². The first-order valence-corrected chi connectivity index (χ1v) is 6.87. The molecule has 0 amide bonds. The van der Waals surface area contributed by atoms with Crippen molar-refractivity contribution in [2.75, 3.05) is 0 Å². The van der Waals surface area contributed by atoms with Gasteiger partial charge in [-0.15, -0.1) is 0 Å². The average molecular weight is 298 g/mol. The Morgan fingerprint density at radius 1 is 1.00 bits per heavy atom. The molecule has 3 aromatic rings. The second-order valence-corrected chi connectivity index (χ2v) is 5.23. The van der Waals surface area contributed by atoms with Crippen molar-refractivity contribution in [3.63, 3.8) is 0 Å². The van der Waals surface area contributed by atoms with Gasteiger partial charge in [0.1, 0.15) is 0 Å². The fourth-order valence-corrected chi connectivity index (χ4v) is 2.49. The number of halogens is 1. The highest BCUT2D eigenvalue weighted by Crippen LogP contribution is 2.23. The summed E-state index contributed by atoms with van der Waals surface area (Å²) in [5.74, 6) is -0.246. The van der Waals surface area contributed by atoms with Crippen LogP contribution in [0.4, 0.5) is 0 Å². The molecule has 2 aromatic carbocycles. The molecule has 0 saturated heterocycles. The van der Waals surface area contributed by atoms with Gasteiger partial charge in [0.25, 0.3) is 5.91 Å². The monoisotopic (exact) mass is 297 g/mol. The van der Waals surface area contributed by atoms with E-state index < -0.39 is 0 Å². The van der Waals surface area contributed by atoms with Crippen molar-refractivity contribution >= 4 is 34.2 Å². The summed E-state index contributed by atoms with van der Waals surface area (Å²) in [6.07, 6.45) is 1.60. The highest BCUT2D eigenvalue weighted by atomic mass is 35.5. The van der Waals surface area contributed by atoms with E-state index in [1.54, 1.807) is 30.5 Å². The van der Waals surface area contributed by atoms with Crippen LogP contribution in [0.15, 0.2) is 54.7 Å². The van der Waals surface area contributed by atoms with Gasteiger partial charge in [0.2, 0.25) is 0 Å². The van der Waals surface area contributed by atoms with Crippen LogP contribution in [-0.2, 0) is 0 Å². The molecule has 0 N–H and O–H groups in total. The van der Waals surface area contributed by atoms with Crippen LogP contribution in [0.1, 0.15) is 27.6 Å². The third kappa shape index (κ3) is 2.36. The van der Waals surface area contributed by atoms with Crippen LogP contribution in [0, 0.1) is 0 Å². The van der Waals surface area contributed by atoms with Crippen LogP contribution in [0.5, 0.6) is 0 Å². The predicted octanol–water partition coefficient (Wildman–Crippen LogP) is 4.19. The lowest BCUT2D eigenvalue weighted by Crippen LogP contribution is -2.10. The number of aromatic nitrogens is 1. The summed E-state index contributed by atoms with van der Waals surface area (Å²) in [5.41, 5.74) is 1.80. The summed E-state index contributed by atoms with van der Waals surface area (Å²) < 4.78 is 1.51. The highest BCUT2D eigenvalue weighted by molar-refractivity contribution is 6.30. The Bertz CT molecular complexity index is 847. The lowest BCUT2D eigenvalue weighted by molar-refractivity contribution is 0.0965. The van der Waals surface area contributed by atoms with E-state index in [2.05, 4.69) is 0 Å². The third-order valence-electron chi connectivity index (χ3n) is 3.40. The minimum Gasteiger partial charge on any atom is -0.294 e. The minimum atomic E-state index is -0.185. The van der Waals surface area contributed by atoms with E-state index in [4.69, 9.17) is 11.6 Å². The Labute approximate surface area is 126 Å². The molecule has 0 radical (unpaired) electrons. The molecule has 0 aliphatic rings. The fourth-order valence-electron chi connectivity index (χ4n) is 2.36. The average Bonchev–Trinajstić information content (AvgIpc) is 2.87. The van der Waals surface area contributed by atoms with Gasteiger partial charge in [-0.05, 0) is 37.3 Å². The molecule has 3 rings (SSSR count). The Morgan fingerprint density at radius 3 is 2.33 bits per heavy atom. The molecule has 104 valence electrons. The first kappa shape index (κ1) is 13.6. The van der Waals surface area contributed by atoms with Crippen molar-refractivity contribution in [1.29, 1.82) is 0 Å². The molecule has 0 saturated carbocycles.